The average molecular weight is 392 g/mol. The van der Waals surface area contributed by atoms with Crippen LogP contribution in [-0.4, -0.2) is 37.1 Å². The highest BCUT2D eigenvalue weighted by Gasteiger charge is 2.08. The zero-order valence-corrected chi connectivity index (χ0v) is 15.5. The third-order valence-electron chi connectivity index (χ3n) is 3.55. The standard InChI is InChI=1S/C18H22BrN3O2/c1-3-22(4-2)17-9-8-14(13-21-17)18(23)20-10-11-24-16-7-5-6-15(19)12-16/h5-9,12-13H,3-4,10-11H2,1-2H3,(H,20,23). The summed E-state index contributed by atoms with van der Waals surface area (Å²) in [4.78, 5) is 18.6. The lowest BCUT2D eigenvalue weighted by atomic mass is 10.2. The lowest BCUT2D eigenvalue weighted by Gasteiger charge is -2.19. The fourth-order valence-electron chi connectivity index (χ4n) is 2.25. The molecule has 1 N–H and O–H groups in total. The second-order valence-corrected chi connectivity index (χ2v) is 6.05. The second-order valence-electron chi connectivity index (χ2n) is 5.14. The predicted molar refractivity (Wildman–Crippen MR) is 99.8 cm³/mol. The molecule has 0 aliphatic heterocycles. The van der Waals surface area contributed by atoms with E-state index in [1.165, 1.54) is 0 Å². The van der Waals surface area contributed by atoms with Gasteiger partial charge in [-0.3, -0.25) is 4.79 Å². The summed E-state index contributed by atoms with van der Waals surface area (Å²) in [6, 6.07) is 11.3. The van der Waals surface area contributed by atoms with E-state index in [9.17, 15) is 4.79 Å². The van der Waals surface area contributed by atoms with Crippen LogP contribution in [0.4, 0.5) is 5.82 Å². The van der Waals surface area contributed by atoms with Crippen LogP contribution in [0, 0.1) is 0 Å². The smallest absolute Gasteiger partial charge is 0.252 e. The van der Waals surface area contributed by atoms with Crippen molar-refractivity contribution in [2.24, 2.45) is 0 Å². The van der Waals surface area contributed by atoms with Gasteiger partial charge in [0.15, 0.2) is 0 Å². The molecule has 0 spiro atoms. The molecule has 5 nitrogen and oxygen atoms in total. The normalized spacial score (nSPS) is 10.3. The maximum absolute atomic E-state index is 12.1. The molecule has 6 heteroatoms. The van der Waals surface area contributed by atoms with Crippen molar-refractivity contribution in [1.82, 2.24) is 10.3 Å². The van der Waals surface area contributed by atoms with Crippen molar-refractivity contribution in [2.45, 2.75) is 13.8 Å². The zero-order chi connectivity index (χ0) is 17.4. The van der Waals surface area contributed by atoms with Gasteiger partial charge in [-0.1, -0.05) is 22.0 Å². The Morgan fingerprint density at radius 2 is 2.04 bits per heavy atom. The number of pyridine rings is 1. The van der Waals surface area contributed by atoms with Crippen LogP contribution in [0.1, 0.15) is 24.2 Å². The molecule has 1 amide bonds. The molecule has 0 unspecified atom stereocenters. The highest BCUT2D eigenvalue weighted by atomic mass is 79.9. The van der Waals surface area contributed by atoms with Crippen molar-refractivity contribution < 1.29 is 9.53 Å². The molecule has 0 aliphatic rings. The summed E-state index contributed by atoms with van der Waals surface area (Å²) >= 11 is 3.39. The van der Waals surface area contributed by atoms with Gasteiger partial charge in [-0.2, -0.15) is 0 Å². The van der Waals surface area contributed by atoms with Crippen molar-refractivity contribution in [2.75, 3.05) is 31.1 Å². The number of hydrogen-bond donors (Lipinski definition) is 1. The third-order valence-corrected chi connectivity index (χ3v) is 4.04. The summed E-state index contributed by atoms with van der Waals surface area (Å²) in [6.07, 6.45) is 1.61. The summed E-state index contributed by atoms with van der Waals surface area (Å²) in [5.74, 6) is 1.50. The van der Waals surface area contributed by atoms with E-state index >= 15 is 0 Å². The van der Waals surface area contributed by atoms with Crippen molar-refractivity contribution in [3.63, 3.8) is 0 Å². The maximum atomic E-state index is 12.1. The molecule has 0 aliphatic carbocycles. The summed E-state index contributed by atoms with van der Waals surface area (Å²) < 4.78 is 6.55. The number of carbonyl (C=O) groups is 1. The first-order valence-corrected chi connectivity index (χ1v) is 8.81. The number of nitrogens with one attached hydrogen (secondary N) is 1. The van der Waals surface area contributed by atoms with E-state index in [-0.39, 0.29) is 5.91 Å². The van der Waals surface area contributed by atoms with Crippen LogP contribution in [-0.2, 0) is 0 Å². The molecule has 2 aromatic rings. The van der Waals surface area contributed by atoms with Crippen LogP contribution >= 0.6 is 15.9 Å². The first kappa shape index (κ1) is 18.3. The minimum atomic E-state index is -0.147. The molecular formula is C18H22BrN3O2. The van der Waals surface area contributed by atoms with E-state index in [0.717, 1.165) is 29.1 Å². The zero-order valence-electron chi connectivity index (χ0n) is 14.0. The van der Waals surface area contributed by atoms with Crippen LogP contribution in [0.25, 0.3) is 0 Å². The Labute approximate surface area is 151 Å². The number of rotatable bonds is 8. The molecule has 0 bridgehead atoms. The number of aromatic nitrogens is 1. The molecule has 24 heavy (non-hydrogen) atoms. The SMILES string of the molecule is CCN(CC)c1ccc(C(=O)NCCOc2cccc(Br)c2)cn1. The van der Waals surface area contributed by atoms with Gasteiger partial charge >= 0.3 is 0 Å². The Kier molecular flexibility index (Phi) is 7.06. The Hall–Kier alpha value is -2.08. The first-order valence-electron chi connectivity index (χ1n) is 8.01. The first-order chi connectivity index (χ1) is 11.6. The lowest BCUT2D eigenvalue weighted by Crippen LogP contribution is -2.28. The molecule has 0 fully saturated rings. The Morgan fingerprint density at radius 1 is 1.25 bits per heavy atom. The predicted octanol–water partition coefficient (Wildman–Crippen LogP) is 3.50. The van der Waals surface area contributed by atoms with E-state index in [4.69, 9.17) is 4.74 Å². The Bertz CT molecular complexity index is 658. The number of ether oxygens (including phenoxy) is 1. The van der Waals surface area contributed by atoms with Crippen LogP contribution < -0.4 is 15.0 Å². The van der Waals surface area contributed by atoms with Gasteiger partial charge < -0.3 is 15.0 Å². The number of nitrogens with zero attached hydrogens (tertiary/aromatic N) is 2. The van der Waals surface area contributed by atoms with Gasteiger partial charge in [-0.15, -0.1) is 0 Å². The van der Waals surface area contributed by atoms with Crippen LogP contribution in [0.2, 0.25) is 0 Å². The van der Waals surface area contributed by atoms with Crippen molar-refractivity contribution in [3.8, 4) is 5.75 Å². The number of anilines is 1. The van der Waals surface area contributed by atoms with Gasteiger partial charge in [0.1, 0.15) is 18.2 Å². The topological polar surface area (TPSA) is 54.5 Å². The number of benzene rings is 1. The van der Waals surface area contributed by atoms with Gasteiger partial charge in [0, 0.05) is 23.8 Å². The quantitative estimate of drug-likeness (QED) is 0.699. The van der Waals surface area contributed by atoms with E-state index in [2.05, 4.69) is 45.0 Å². The van der Waals surface area contributed by atoms with Gasteiger partial charge in [-0.05, 0) is 44.2 Å². The summed E-state index contributed by atoms with van der Waals surface area (Å²) in [7, 11) is 0. The average Bonchev–Trinajstić information content (AvgIpc) is 2.60. The minimum Gasteiger partial charge on any atom is -0.492 e. The highest BCUT2D eigenvalue weighted by molar-refractivity contribution is 9.10. The van der Waals surface area contributed by atoms with Crippen LogP contribution in [0.5, 0.6) is 5.75 Å². The van der Waals surface area contributed by atoms with E-state index in [1.807, 2.05) is 30.3 Å². The van der Waals surface area contributed by atoms with E-state index < -0.39 is 0 Å². The van der Waals surface area contributed by atoms with Crippen molar-refractivity contribution in [1.29, 1.82) is 0 Å². The molecule has 0 radical (unpaired) electrons. The molecule has 1 aromatic carbocycles. The summed E-state index contributed by atoms with van der Waals surface area (Å²) in [5, 5.41) is 2.83. The molecule has 128 valence electrons. The monoisotopic (exact) mass is 391 g/mol. The molecule has 2 rings (SSSR count). The highest BCUT2D eigenvalue weighted by Crippen LogP contribution is 2.17. The lowest BCUT2D eigenvalue weighted by molar-refractivity contribution is 0.0946. The van der Waals surface area contributed by atoms with Gasteiger partial charge in [0.25, 0.3) is 5.91 Å². The van der Waals surface area contributed by atoms with E-state index in [1.54, 1.807) is 12.3 Å². The third kappa shape index (κ3) is 5.23. The van der Waals surface area contributed by atoms with Gasteiger partial charge in [0.05, 0.1) is 12.1 Å². The number of amides is 1. The molecule has 1 heterocycles. The van der Waals surface area contributed by atoms with Crippen LogP contribution in [0.15, 0.2) is 47.1 Å². The second kappa shape index (κ2) is 9.27. The van der Waals surface area contributed by atoms with Crippen molar-refractivity contribution in [3.05, 3.63) is 52.6 Å². The summed E-state index contributed by atoms with van der Waals surface area (Å²) in [6.45, 7) is 6.79. The maximum Gasteiger partial charge on any atom is 0.252 e. The molecular weight excluding hydrogens is 370 g/mol. The Balaban J connectivity index is 1.80. The number of hydrogen-bond acceptors (Lipinski definition) is 4. The van der Waals surface area contributed by atoms with E-state index in [0.29, 0.717) is 18.7 Å². The number of carbonyl (C=O) groups excluding carboxylic acids is 1. The number of halogens is 1. The fourth-order valence-corrected chi connectivity index (χ4v) is 2.63. The fraction of sp³-hybridized carbons (Fsp3) is 0.333. The minimum absolute atomic E-state index is 0.147. The Morgan fingerprint density at radius 3 is 2.67 bits per heavy atom. The molecule has 0 atom stereocenters. The summed E-state index contributed by atoms with van der Waals surface area (Å²) in [5.41, 5.74) is 0.549. The van der Waals surface area contributed by atoms with Gasteiger partial charge in [-0.25, -0.2) is 4.98 Å². The van der Waals surface area contributed by atoms with Crippen molar-refractivity contribution >= 4 is 27.7 Å². The molecule has 0 saturated heterocycles. The largest absolute Gasteiger partial charge is 0.492 e. The molecule has 0 saturated carbocycles. The van der Waals surface area contributed by atoms with Gasteiger partial charge in [0.2, 0.25) is 0 Å². The molecule has 1 aromatic heterocycles. The van der Waals surface area contributed by atoms with Crippen LogP contribution in [0.3, 0.4) is 0 Å².